The number of amides is 1. The summed E-state index contributed by atoms with van der Waals surface area (Å²) in [6.45, 7) is 2.47. The van der Waals surface area contributed by atoms with Crippen molar-refractivity contribution in [3.05, 3.63) is 54.2 Å². The van der Waals surface area contributed by atoms with Gasteiger partial charge in [0.05, 0.1) is 30.0 Å². The number of aryl methyl sites for hydroxylation is 1. The van der Waals surface area contributed by atoms with Gasteiger partial charge in [-0.3, -0.25) is 15.2 Å². The summed E-state index contributed by atoms with van der Waals surface area (Å²) >= 11 is 0. The van der Waals surface area contributed by atoms with E-state index in [0.29, 0.717) is 30.6 Å². The Morgan fingerprint density at radius 1 is 1.19 bits per heavy atom. The minimum Gasteiger partial charge on any atom is -0.388 e. The van der Waals surface area contributed by atoms with Crippen LogP contribution in [0.15, 0.2) is 43.0 Å². The molecule has 3 fully saturated rings. The van der Waals surface area contributed by atoms with E-state index in [1.165, 1.54) is 5.56 Å². The number of hydrogen-bond donors (Lipinski definition) is 4. The van der Waals surface area contributed by atoms with Crippen molar-refractivity contribution in [1.82, 2.24) is 35.7 Å². The Morgan fingerprint density at radius 3 is 3.00 bits per heavy atom. The van der Waals surface area contributed by atoms with Crippen molar-refractivity contribution in [2.24, 2.45) is 11.8 Å². The number of aromatic nitrogens is 4. The molecule has 0 aromatic carbocycles. The van der Waals surface area contributed by atoms with E-state index in [-0.39, 0.29) is 23.9 Å². The maximum Gasteiger partial charge on any atom is 0.223 e. The third-order valence-corrected chi connectivity index (χ3v) is 8.43. The van der Waals surface area contributed by atoms with Gasteiger partial charge in [0.25, 0.3) is 0 Å². The zero-order valence-electron chi connectivity index (χ0n) is 20.7. The molecule has 4 N–H and O–H groups in total. The van der Waals surface area contributed by atoms with Gasteiger partial charge in [-0.2, -0.15) is 0 Å². The number of nitrogens with zero attached hydrogens (tertiary/aromatic N) is 4. The molecule has 190 valence electrons. The van der Waals surface area contributed by atoms with Crippen molar-refractivity contribution in [1.29, 1.82) is 0 Å². The Hall–Kier alpha value is -2.88. The fourth-order valence-corrected chi connectivity index (χ4v) is 6.65. The summed E-state index contributed by atoms with van der Waals surface area (Å²) in [5.41, 5.74) is 9.91. The Labute approximate surface area is 211 Å². The van der Waals surface area contributed by atoms with Crippen molar-refractivity contribution in [3.63, 3.8) is 0 Å². The molecule has 6 atom stereocenters. The van der Waals surface area contributed by atoms with E-state index in [9.17, 15) is 9.90 Å². The molecule has 1 saturated heterocycles. The van der Waals surface area contributed by atoms with Crippen LogP contribution in [0.2, 0.25) is 0 Å². The first-order valence-electron chi connectivity index (χ1n) is 13.2. The number of carbonyl (C=O) groups is 1. The molecular formula is C27H35N7O2. The van der Waals surface area contributed by atoms with Gasteiger partial charge in [-0.15, -0.1) is 0 Å². The Morgan fingerprint density at radius 2 is 2.11 bits per heavy atom. The summed E-state index contributed by atoms with van der Waals surface area (Å²) in [6.07, 6.45) is 11.1. The van der Waals surface area contributed by atoms with Gasteiger partial charge in [0, 0.05) is 36.1 Å². The van der Waals surface area contributed by atoms with E-state index >= 15 is 0 Å². The molecule has 2 saturated carbocycles. The summed E-state index contributed by atoms with van der Waals surface area (Å²) in [5, 5.41) is 14.8. The molecule has 9 nitrogen and oxygen atoms in total. The van der Waals surface area contributed by atoms with E-state index in [1.54, 1.807) is 12.5 Å². The molecule has 0 spiro atoms. The van der Waals surface area contributed by atoms with Crippen molar-refractivity contribution >= 4 is 17.1 Å². The molecule has 0 bridgehead atoms. The van der Waals surface area contributed by atoms with E-state index in [0.717, 1.165) is 49.7 Å². The fourth-order valence-electron chi connectivity index (χ4n) is 6.65. The molecule has 3 aromatic heterocycles. The SMILES string of the molecule is Cc1cc(C2NNC3CCC(C(=O)N[C@@H]4CCC[C@@](O)(Cn5cnc6ncccc65)C4)CC32)ccn1. The highest BCUT2D eigenvalue weighted by Crippen LogP contribution is 2.41. The second-order valence-electron chi connectivity index (χ2n) is 11.0. The lowest BCUT2D eigenvalue weighted by Gasteiger charge is -2.39. The Bertz CT molecular complexity index is 1250. The van der Waals surface area contributed by atoms with Crippen molar-refractivity contribution < 1.29 is 9.90 Å². The number of imidazole rings is 1. The quantitative estimate of drug-likeness (QED) is 0.435. The molecule has 3 aromatic rings. The summed E-state index contributed by atoms with van der Waals surface area (Å²) in [5.74, 6) is 0.497. The molecule has 4 unspecified atom stereocenters. The first kappa shape index (κ1) is 23.5. The van der Waals surface area contributed by atoms with Gasteiger partial charge in [-0.25, -0.2) is 15.4 Å². The van der Waals surface area contributed by atoms with Gasteiger partial charge in [-0.1, -0.05) is 0 Å². The standard InChI is InChI=1S/C27H35N7O2/c1-17-12-18(8-11-28-17)24-21-13-19(6-7-22(21)32-33-24)26(35)31-20-4-2-9-27(36,14-20)15-34-16-30-25-23(34)5-3-10-29-25/h3,5,8,10-12,16,19-22,24,32-33,36H,2,4,6-7,9,13-15H2,1H3,(H,31,35)/t19?,20-,21?,22?,24?,27+/m1/s1. The lowest BCUT2D eigenvalue weighted by Crippen LogP contribution is -2.49. The number of rotatable bonds is 5. The average Bonchev–Trinajstić information content (AvgIpc) is 3.48. The lowest BCUT2D eigenvalue weighted by molar-refractivity contribution is -0.128. The first-order chi connectivity index (χ1) is 17.5. The smallest absolute Gasteiger partial charge is 0.223 e. The molecule has 2 aliphatic carbocycles. The van der Waals surface area contributed by atoms with Crippen LogP contribution in [0.1, 0.15) is 62.2 Å². The third kappa shape index (κ3) is 4.63. The van der Waals surface area contributed by atoms with Crippen LogP contribution in [-0.4, -0.2) is 48.2 Å². The maximum atomic E-state index is 13.4. The zero-order chi connectivity index (χ0) is 24.7. The van der Waals surface area contributed by atoms with E-state index < -0.39 is 5.60 Å². The van der Waals surface area contributed by atoms with Gasteiger partial charge in [0.2, 0.25) is 5.91 Å². The molecule has 36 heavy (non-hydrogen) atoms. The van der Waals surface area contributed by atoms with Crippen LogP contribution >= 0.6 is 0 Å². The normalized spacial score (nSPS) is 32.3. The van der Waals surface area contributed by atoms with Crippen LogP contribution in [-0.2, 0) is 11.3 Å². The number of carbonyl (C=O) groups excluding carboxylic acids is 1. The molecule has 6 rings (SSSR count). The molecule has 0 radical (unpaired) electrons. The van der Waals surface area contributed by atoms with Crippen LogP contribution in [0.25, 0.3) is 11.2 Å². The molecule has 3 aliphatic rings. The zero-order valence-corrected chi connectivity index (χ0v) is 20.7. The summed E-state index contributed by atoms with van der Waals surface area (Å²) < 4.78 is 1.98. The van der Waals surface area contributed by atoms with Crippen LogP contribution in [0.5, 0.6) is 0 Å². The van der Waals surface area contributed by atoms with Gasteiger partial charge in [-0.05, 0) is 87.6 Å². The van der Waals surface area contributed by atoms with Crippen LogP contribution in [0, 0.1) is 18.8 Å². The monoisotopic (exact) mass is 489 g/mol. The lowest BCUT2D eigenvalue weighted by atomic mass is 9.74. The van der Waals surface area contributed by atoms with Gasteiger partial charge >= 0.3 is 0 Å². The van der Waals surface area contributed by atoms with Crippen LogP contribution < -0.4 is 16.2 Å². The fraction of sp³-hybridized carbons (Fsp3) is 0.556. The molecular weight excluding hydrogens is 454 g/mol. The number of fused-ring (bicyclic) bond motifs is 2. The van der Waals surface area contributed by atoms with Crippen molar-refractivity contribution in [2.75, 3.05) is 0 Å². The Kier molecular flexibility index (Phi) is 6.23. The number of nitrogens with one attached hydrogen (secondary N) is 3. The van der Waals surface area contributed by atoms with E-state index in [2.05, 4.69) is 43.3 Å². The minimum absolute atomic E-state index is 0.00271. The van der Waals surface area contributed by atoms with E-state index in [1.807, 2.05) is 29.8 Å². The van der Waals surface area contributed by atoms with Gasteiger partial charge in [0.15, 0.2) is 5.65 Å². The molecule has 4 heterocycles. The van der Waals surface area contributed by atoms with Crippen LogP contribution in [0.4, 0.5) is 0 Å². The van der Waals surface area contributed by atoms with Crippen molar-refractivity contribution in [3.8, 4) is 0 Å². The summed E-state index contributed by atoms with van der Waals surface area (Å²) in [7, 11) is 0. The highest BCUT2D eigenvalue weighted by atomic mass is 16.3. The summed E-state index contributed by atoms with van der Waals surface area (Å²) in [4.78, 5) is 26.4. The number of aliphatic hydroxyl groups is 1. The number of hydrogen-bond acceptors (Lipinski definition) is 7. The average molecular weight is 490 g/mol. The maximum absolute atomic E-state index is 13.4. The molecule has 1 aliphatic heterocycles. The number of pyridine rings is 2. The van der Waals surface area contributed by atoms with E-state index in [4.69, 9.17) is 0 Å². The Balaban J connectivity index is 1.09. The highest BCUT2D eigenvalue weighted by molar-refractivity contribution is 5.79. The topological polar surface area (TPSA) is 117 Å². The van der Waals surface area contributed by atoms with Gasteiger partial charge < -0.3 is 15.0 Å². The largest absolute Gasteiger partial charge is 0.388 e. The molecule has 1 amide bonds. The minimum atomic E-state index is -0.874. The molecule has 9 heteroatoms. The van der Waals surface area contributed by atoms with Crippen molar-refractivity contribution in [2.45, 2.75) is 82.1 Å². The second-order valence-corrected chi connectivity index (χ2v) is 11.0. The van der Waals surface area contributed by atoms with Gasteiger partial charge in [0.1, 0.15) is 0 Å². The predicted octanol–water partition coefficient (Wildman–Crippen LogP) is 2.56. The summed E-state index contributed by atoms with van der Waals surface area (Å²) in [6, 6.07) is 8.62. The van der Waals surface area contributed by atoms with Crippen LogP contribution in [0.3, 0.4) is 0 Å². The second kappa shape index (κ2) is 9.53. The predicted molar refractivity (Wildman–Crippen MR) is 135 cm³/mol. The number of hydrazine groups is 1. The highest BCUT2D eigenvalue weighted by Gasteiger charge is 2.43. The first-order valence-corrected chi connectivity index (χ1v) is 13.2. The third-order valence-electron chi connectivity index (χ3n) is 8.43.